The molecule has 2 saturated heterocycles. The molecule has 2 aliphatic carbocycles. The standard InChI is InChI=1S/C44H46F3N7O6S/c1-42(2,60)27-17-31-33(18-30(27)50-37(56)29-7-4-8-34(49-29)44(45,46)47)61-39(51-31)24-9-11-25(12-10-24)53-21-43(22-53)19-23(20-43)15-16-48-28-6-3-5-26-36(28)41(59)54(40(26)58)32-13-14-35(55)52-38(32)57/h3-8,17-18,23-25,32,48,60H,9-16,19-22H2,1-2H3,(H,50,56)(H,52,55,57)/t24-,25-,32?. The van der Waals surface area contributed by atoms with Crippen molar-refractivity contribution in [1.29, 1.82) is 0 Å². The largest absolute Gasteiger partial charge is 0.433 e. The fourth-order valence-electron chi connectivity index (χ4n) is 10.1. The van der Waals surface area contributed by atoms with Gasteiger partial charge in [0.1, 0.15) is 17.4 Å². The van der Waals surface area contributed by atoms with Crippen molar-refractivity contribution in [3.05, 3.63) is 81.6 Å². The second kappa shape index (κ2) is 15.3. The number of rotatable bonds is 10. The molecule has 320 valence electrons. The predicted molar refractivity (Wildman–Crippen MR) is 220 cm³/mol. The Morgan fingerprint density at radius 3 is 2.39 bits per heavy atom. The minimum Gasteiger partial charge on any atom is -0.386 e. The number of fused-ring (bicyclic) bond motifs is 2. The van der Waals surface area contributed by atoms with Crippen LogP contribution in [0, 0.1) is 11.3 Å². The van der Waals surface area contributed by atoms with Crippen LogP contribution in [-0.4, -0.2) is 86.1 Å². The number of hydrogen-bond acceptors (Lipinski definition) is 11. The van der Waals surface area contributed by atoms with Crippen LogP contribution in [0.4, 0.5) is 24.5 Å². The van der Waals surface area contributed by atoms with Gasteiger partial charge in [0, 0.05) is 55.0 Å². The number of thiazole rings is 1. The van der Waals surface area contributed by atoms with E-state index in [1.54, 1.807) is 44.2 Å². The van der Waals surface area contributed by atoms with Crippen molar-refractivity contribution >= 4 is 62.5 Å². The third-order valence-corrected chi connectivity index (χ3v) is 14.3. The molecule has 2 aromatic heterocycles. The summed E-state index contributed by atoms with van der Waals surface area (Å²) < 4.78 is 40.6. The van der Waals surface area contributed by atoms with Crippen LogP contribution in [0.25, 0.3) is 10.2 Å². The summed E-state index contributed by atoms with van der Waals surface area (Å²) in [7, 11) is 0. The van der Waals surface area contributed by atoms with E-state index in [0.717, 1.165) is 84.8 Å². The molecule has 5 amide bonds. The van der Waals surface area contributed by atoms with E-state index < -0.39 is 53.0 Å². The fourth-order valence-corrected chi connectivity index (χ4v) is 11.3. The molecule has 2 saturated carbocycles. The van der Waals surface area contributed by atoms with Crippen LogP contribution in [0.5, 0.6) is 0 Å². The summed E-state index contributed by atoms with van der Waals surface area (Å²) in [4.78, 5) is 75.9. The summed E-state index contributed by atoms with van der Waals surface area (Å²) >= 11 is 1.54. The molecule has 0 radical (unpaired) electrons. The van der Waals surface area contributed by atoms with Gasteiger partial charge in [-0.05, 0) is 113 Å². The number of imide groups is 2. The number of carbonyl (C=O) groups is 5. The molecule has 2 aromatic carbocycles. The van der Waals surface area contributed by atoms with Gasteiger partial charge in [-0.15, -0.1) is 11.3 Å². The maximum atomic E-state index is 13.4. The zero-order valence-electron chi connectivity index (χ0n) is 33.7. The summed E-state index contributed by atoms with van der Waals surface area (Å²) in [5, 5.41) is 20.3. The Labute approximate surface area is 353 Å². The number of likely N-dealkylation sites (tertiary alicyclic amines) is 1. The molecule has 4 N–H and O–H groups in total. The number of amides is 5. The van der Waals surface area contributed by atoms with Crippen LogP contribution >= 0.6 is 11.3 Å². The number of aliphatic hydroxyl groups is 1. The molecule has 4 fully saturated rings. The Morgan fingerprint density at radius 2 is 1.69 bits per heavy atom. The number of carbonyl (C=O) groups excluding carboxylic acids is 5. The molecule has 9 rings (SSSR count). The number of halogens is 3. The minimum atomic E-state index is -4.69. The number of nitrogens with zero attached hydrogens (tertiary/aromatic N) is 4. The first-order valence-electron chi connectivity index (χ1n) is 20.8. The Morgan fingerprint density at radius 1 is 0.951 bits per heavy atom. The van der Waals surface area contributed by atoms with Crippen molar-refractivity contribution in [3.8, 4) is 0 Å². The smallest absolute Gasteiger partial charge is 0.386 e. The summed E-state index contributed by atoms with van der Waals surface area (Å²) in [6.45, 7) is 6.00. The van der Waals surface area contributed by atoms with E-state index in [9.17, 15) is 42.3 Å². The fraction of sp³-hybridized carbons (Fsp3) is 0.477. The van der Waals surface area contributed by atoms with Gasteiger partial charge in [-0.1, -0.05) is 12.1 Å². The van der Waals surface area contributed by atoms with Crippen molar-refractivity contribution in [1.82, 2.24) is 25.1 Å². The van der Waals surface area contributed by atoms with Gasteiger partial charge in [0.25, 0.3) is 17.7 Å². The zero-order chi connectivity index (χ0) is 43.0. The highest BCUT2D eigenvalue weighted by atomic mass is 32.1. The zero-order valence-corrected chi connectivity index (χ0v) is 34.5. The maximum absolute atomic E-state index is 13.4. The lowest BCUT2D eigenvalue weighted by molar-refractivity contribution is -0.141. The molecule has 3 aliphatic heterocycles. The molecule has 5 aliphatic rings. The van der Waals surface area contributed by atoms with E-state index in [-0.39, 0.29) is 41.3 Å². The van der Waals surface area contributed by atoms with Crippen LogP contribution in [0.1, 0.15) is 125 Å². The Balaban J connectivity index is 0.755. The highest BCUT2D eigenvalue weighted by Gasteiger charge is 2.53. The molecule has 17 heteroatoms. The summed E-state index contributed by atoms with van der Waals surface area (Å²) in [5.74, 6) is -2.02. The van der Waals surface area contributed by atoms with Crippen molar-refractivity contribution in [2.45, 2.75) is 101 Å². The van der Waals surface area contributed by atoms with Gasteiger partial charge >= 0.3 is 6.18 Å². The summed E-state index contributed by atoms with van der Waals surface area (Å²) in [5.41, 5.74) is -0.0469. The van der Waals surface area contributed by atoms with Gasteiger partial charge in [0.2, 0.25) is 11.8 Å². The summed E-state index contributed by atoms with van der Waals surface area (Å²) in [6, 6.07) is 11.3. The third kappa shape index (κ3) is 7.80. The number of nitrogens with one attached hydrogen (secondary N) is 3. The first kappa shape index (κ1) is 41.1. The maximum Gasteiger partial charge on any atom is 0.433 e. The van der Waals surface area contributed by atoms with Crippen molar-refractivity contribution < 1.29 is 42.3 Å². The predicted octanol–water partition coefficient (Wildman–Crippen LogP) is 6.83. The van der Waals surface area contributed by atoms with Crippen LogP contribution in [-0.2, 0) is 21.4 Å². The van der Waals surface area contributed by atoms with Crippen molar-refractivity contribution in [3.63, 3.8) is 0 Å². The van der Waals surface area contributed by atoms with E-state index >= 15 is 0 Å². The van der Waals surface area contributed by atoms with E-state index in [1.807, 2.05) is 0 Å². The summed E-state index contributed by atoms with van der Waals surface area (Å²) in [6.07, 6.45) is 2.86. The van der Waals surface area contributed by atoms with E-state index in [1.165, 1.54) is 17.4 Å². The highest BCUT2D eigenvalue weighted by molar-refractivity contribution is 7.18. The number of piperidine rings is 1. The number of aromatic nitrogens is 2. The van der Waals surface area contributed by atoms with E-state index in [0.29, 0.717) is 40.7 Å². The van der Waals surface area contributed by atoms with Gasteiger partial charge in [-0.2, -0.15) is 13.2 Å². The molecule has 0 bridgehead atoms. The quantitative estimate of drug-likeness (QED) is 0.124. The van der Waals surface area contributed by atoms with E-state index in [2.05, 4.69) is 25.8 Å². The number of hydrogen-bond donors (Lipinski definition) is 4. The molecular weight excluding hydrogens is 812 g/mol. The second-order valence-corrected chi connectivity index (χ2v) is 19.0. The lowest BCUT2D eigenvalue weighted by Crippen LogP contribution is -2.65. The Kier molecular flexibility index (Phi) is 10.3. The molecule has 1 atom stereocenters. The van der Waals surface area contributed by atoms with Gasteiger partial charge in [-0.3, -0.25) is 39.1 Å². The van der Waals surface area contributed by atoms with Gasteiger partial charge in [0.05, 0.1) is 32.0 Å². The number of pyridine rings is 1. The third-order valence-electron chi connectivity index (χ3n) is 13.1. The lowest BCUT2D eigenvalue weighted by atomic mass is 9.56. The van der Waals surface area contributed by atoms with Gasteiger partial charge in [-0.25, -0.2) is 9.97 Å². The minimum absolute atomic E-state index is 0.0727. The Hall–Kier alpha value is -5.26. The Bertz CT molecular complexity index is 2460. The average Bonchev–Trinajstić information content (AvgIpc) is 3.71. The number of alkyl halides is 3. The van der Waals surface area contributed by atoms with Crippen LogP contribution in [0.2, 0.25) is 0 Å². The lowest BCUT2D eigenvalue weighted by Gasteiger charge is -2.62. The molecular formula is C44H46F3N7O6S. The van der Waals surface area contributed by atoms with Gasteiger partial charge in [0.15, 0.2) is 0 Å². The molecule has 13 nitrogen and oxygen atoms in total. The first-order valence-corrected chi connectivity index (χ1v) is 21.6. The topological polar surface area (TPSA) is 174 Å². The monoisotopic (exact) mass is 857 g/mol. The highest BCUT2D eigenvalue weighted by Crippen LogP contribution is 2.55. The molecule has 4 aromatic rings. The molecule has 5 heterocycles. The van der Waals surface area contributed by atoms with Gasteiger partial charge < -0.3 is 15.7 Å². The van der Waals surface area contributed by atoms with Crippen LogP contribution in [0.3, 0.4) is 0 Å². The second-order valence-electron chi connectivity index (χ2n) is 17.9. The SMILES string of the molecule is CC(C)(O)c1cc2nc([C@H]3CC[C@H](N4CC5(CC(CCNc6cccc7c6C(=O)N(C6CCC(=O)NC6=O)C7=O)C5)C4)CC3)sc2cc1NC(=O)c1cccc(C(F)(F)F)n1. The van der Waals surface area contributed by atoms with Crippen LogP contribution < -0.4 is 16.0 Å². The normalized spacial score (nSPS) is 23.2. The van der Waals surface area contributed by atoms with E-state index in [4.69, 9.17) is 4.98 Å². The molecule has 61 heavy (non-hydrogen) atoms. The van der Waals surface area contributed by atoms with Crippen molar-refractivity contribution in [2.75, 3.05) is 30.3 Å². The van der Waals surface area contributed by atoms with Crippen LogP contribution in [0.15, 0.2) is 48.5 Å². The number of anilines is 2. The number of benzene rings is 2. The first-order chi connectivity index (χ1) is 29.0. The molecule has 1 unspecified atom stereocenters. The molecule has 1 spiro atoms. The average molecular weight is 858 g/mol. The van der Waals surface area contributed by atoms with Crippen molar-refractivity contribution in [2.24, 2.45) is 11.3 Å².